The van der Waals surface area contributed by atoms with Gasteiger partial charge in [0, 0.05) is 20.2 Å². The maximum atomic E-state index is 12.0. The molecule has 0 radical (unpaired) electrons. The average Bonchev–Trinajstić information content (AvgIpc) is 2.38. The van der Waals surface area contributed by atoms with Gasteiger partial charge >= 0.3 is 0 Å². The van der Waals surface area contributed by atoms with Crippen molar-refractivity contribution < 1.29 is 0 Å². The van der Waals surface area contributed by atoms with E-state index in [1.165, 1.54) is 0 Å². The molecule has 0 aliphatic carbocycles. The first-order valence-electron chi connectivity index (χ1n) is 6.33. The molecule has 0 saturated heterocycles. The van der Waals surface area contributed by atoms with Gasteiger partial charge in [-0.3, -0.25) is 4.79 Å². The van der Waals surface area contributed by atoms with E-state index in [2.05, 4.69) is 31.6 Å². The molecule has 1 aromatic rings. The van der Waals surface area contributed by atoms with Gasteiger partial charge in [-0.05, 0) is 24.0 Å². The zero-order valence-corrected chi connectivity index (χ0v) is 12.6. The summed E-state index contributed by atoms with van der Waals surface area (Å²) in [5.74, 6) is 0.767. The highest BCUT2D eigenvalue weighted by molar-refractivity contribution is 7.80. The largest absolute Gasteiger partial charge is 0.376 e. The molecule has 0 N–H and O–H groups in total. The Morgan fingerprint density at radius 2 is 2.00 bits per heavy atom. The summed E-state index contributed by atoms with van der Waals surface area (Å²) in [4.78, 5) is 13.9. The zero-order chi connectivity index (χ0) is 13.8. The van der Waals surface area contributed by atoms with Crippen LogP contribution in [-0.2, 0) is 6.54 Å². The van der Waals surface area contributed by atoms with E-state index in [0.29, 0.717) is 6.54 Å². The molecular formula is C13H23N3OS. The van der Waals surface area contributed by atoms with Crippen molar-refractivity contribution >= 4 is 18.3 Å². The van der Waals surface area contributed by atoms with Crippen LogP contribution in [-0.4, -0.2) is 29.6 Å². The summed E-state index contributed by atoms with van der Waals surface area (Å²) in [6, 6.07) is 1.63. The SMILES string of the molecule is CCC(CC)(CS)Cn1ncc(N(C)C)cc1=O. The highest BCUT2D eigenvalue weighted by Gasteiger charge is 2.26. The Hall–Kier alpha value is -0.970. The summed E-state index contributed by atoms with van der Waals surface area (Å²) < 4.78 is 1.55. The van der Waals surface area contributed by atoms with Crippen molar-refractivity contribution in [3.63, 3.8) is 0 Å². The fourth-order valence-corrected chi connectivity index (χ4v) is 2.40. The van der Waals surface area contributed by atoms with Gasteiger partial charge in [0.25, 0.3) is 5.56 Å². The van der Waals surface area contributed by atoms with E-state index < -0.39 is 0 Å². The molecule has 0 atom stereocenters. The number of hydrogen-bond donors (Lipinski definition) is 1. The molecule has 18 heavy (non-hydrogen) atoms. The number of hydrogen-bond acceptors (Lipinski definition) is 4. The number of nitrogens with zero attached hydrogens (tertiary/aromatic N) is 3. The van der Waals surface area contributed by atoms with Crippen LogP contribution in [0.3, 0.4) is 0 Å². The fraction of sp³-hybridized carbons (Fsp3) is 0.692. The highest BCUT2D eigenvalue weighted by atomic mass is 32.1. The molecule has 1 rings (SSSR count). The Kier molecular flexibility index (Phi) is 5.26. The maximum Gasteiger partial charge on any atom is 0.268 e. The highest BCUT2D eigenvalue weighted by Crippen LogP contribution is 2.29. The van der Waals surface area contributed by atoms with Crippen LogP contribution in [0.25, 0.3) is 0 Å². The monoisotopic (exact) mass is 269 g/mol. The van der Waals surface area contributed by atoms with Crippen molar-refractivity contribution in [2.24, 2.45) is 5.41 Å². The van der Waals surface area contributed by atoms with E-state index >= 15 is 0 Å². The van der Waals surface area contributed by atoms with Gasteiger partial charge in [0.15, 0.2) is 0 Å². The third-order valence-electron chi connectivity index (χ3n) is 3.69. The van der Waals surface area contributed by atoms with E-state index in [1.54, 1.807) is 16.9 Å². The van der Waals surface area contributed by atoms with Crippen LogP contribution in [0.5, 0.6) is 0 Å². The minimum absolute atomic E-state index is 0.0470. The summed E-state index contributed by atoms with van der Waals surface area (Å²) in [5, 5.41) is 4.26. The predicted octanol–water partition coefficient (Wildman–Crippen LogP) is 2.05. The molecule has 4 nitrogen and oxygen atoms in total. The molecule has 102 valence electrons. The minimum Gasteiger partial charge on any atom is -0.376 e. The van der Waals surface area contributed by atoms with Crippen molar-refractivity contribution in [1.82, 2.24) is 9.78 Å². The summed E-state index contributed by atoms with van der Waals surface area (Å²) in [6.45, 7) is 4.91. The van der Waals surface area contributed by atoms with E-state index in [-0.39, 0.29) is 11.0 Å². The van der Waals surface area contributed by atoms with Gasteiger partial charge in [-0.25, -0.2) is 4.68 Å². The smallest absolute Gasteiger partial charge is 0.268 e. The molecule has 0 bridgehead atoms. The predicted molar refractivity (Wildman–Crippen MR) is 79.7 cm³/mol. The molecule has 0 spiro atoms. The van der Waals surface area contributed by atoms with Gasteiger partial charge in [0.2, 0.25) is 0 Å². The van der Waals surface area contributed by atoms with Crippen molar-refractivity contribution in [2.45, 2.75) is 33.2 Å². The zero-order valence-electron chi connectivity index (χ0n) is 11.7. The second-order valence-corrected chi connectivity index (χ2v) is 5.29. The van der Waals surface area contributed by atoms with Crippen molar-refractivity contribution in [3.05, 3.63) is 22.6 Å². The number of aromatic nitrogens is 2. The van der Waals surface area contributed by atoms with Gasteiger partial charge in [-0.15, -0.1) is 0 Å². The van der Waals surface area contributed by atoms with Crippen LogP contribution in [0, 0.1) is 5.41 Å². The maximum absolute atomic E-state index is 12.0. The summed E-state index contributed by atoms with van der Waals surface area (Å²) >= 11 is 4.43. The lowest BCUT2D eigenvalue weighted by Gasteiger charge is -2.29. The van der Waals surface area contributed by atoms with E-state index in [4.69, 9.17) is 0 Å². The Labute approximate surface area is 114 Å². The van der Waals surface area contributed by atoms with Crippen LogP contribution >= 0.6 is 12.6 Å². The van der Waals surface area contributed by atoms with Crippen molar-refractivity contribution in [2.75, 3.05) is 24.7 Å². The van der Waals surface area contributed by atoms with E-state index in [9.17, 15) is 4.79 Å². The first kappa shape index (κ1) is 15.1. The number of thiol groups is 1. The lowest BCUT2D eigenvalue weighted by atomic mass is 9.84. The van der Waals surface area contributed by atoms with Crippen molar-refractivity contribution in [1.29, 1.82) is 0 Å². The molecule has 0 amide bonds. The molecule has 1 aromatic heterocycles. The Balaban J connectivity index is 3.01. The van der Waals surface area contributed by atoms with Crippen LogP contribution in [0.4, 0.5) is 5.69 Å². The molecule has 0 aromatic carbocycles. The minimum atomic E-state index is -0.0470. The Morgan fingerprint density at radius 3 is 2.39 bits per heavy atom. The fourth-order valence-electron chi connectivity index (χ4n) is 1.85. The third kappa shape index (κ3) is 3.28. The Morgan fingerprint density at radius 1 is 1.39 bits per heavy atom. The molecule has 5 heteroatoms. The number of rotatable bonds is 6. The van der Waals surface area contributed by atoms with Crippen molar-refractivity contribution in [3.8, 4) is 0 Å². The molecule has 0 unspecified atom stereocenters. The summed E-state index contributed by atoms with van der Waals surface area (Å²) in [6.07, 6.45) is 3.73. The van der Waals surface area contributed by atoms with Gasteiger partial charge in [-0.2, -0.15) is 17.7 Å². The molecule has 0 saturated carbocycles. The lowest BCUT2D eigenvalue weighted by Crippen LogP contribution is -2.34. The standard InChI is InChI=1S/C13H23N3OS/c1-5-13(6-2,10-18)9-16-12(17)7-11(8-14-16)15(3)4/h7-8,18H,5-6,9-10H2,1-4H3. The summed E-state index contributed by atoms with van der Waals surface area (Å²) in [5.41, 5.74) is 0.842. The Bertz CT molecular complexity index is 430. The first-order chi connectivity index (χ1) is 8.48. The van der Waals surface area contributed by atoms with Crippen LogP contribution in [0.2, 0.25) is 0 Å². The molecule has 1 heterocycles. The van der Waals surface area contributed by atoms with E-state index in [1.807, 2.05) is 19.0 Å². The van der Waals surface area contributed by atoms with Gasteiger partial charge in [0.1, 0.15) is 0 Å². The van der Waals surface area contributed by atoms with Crippen LogP contribution in [0.15, 0.2) is 17.1 Å². The topological polar surface area (TPSA) is 38.1 Å². The van der Waals surface area contributed by atoms with Crippen LogP contribution < -0.4 is 10.5 Å². The lowest BCUT2D eigenvalue weighted by molar-refractivity contribution is 0.241. The first-order valence-corrected chi connectivity index (χ1v) is 6.96. The van der Waals surface area contributed by atoms with Gasteiger partial charge < -0.3 is 4.90 Å². The quantitative estimate of drug-likeness (QED) is 0.803. The normalized spacial score (nSPS) is 11.6. The second-order valence-electron chi connectivity index (χ2n) is 4.97. The average molecular weight is 269 g/mol. The molecular weight excluding hydrogens is 246 g/mol. The molecule has 0 fully saturated rings. The van der Waals surface area contributed by atoms with E-state index in [0.717, 1.165) is 24.3 Å². The van der Waals surface area contributed by atoms with Gasteiger partial charge in [0.05, 0.1) is 18.4 Å². The summed E-state index contributed by atoms with van der Waals surface area (Å²) in [7, 11) is 3.80. The molecule has 0 aliphatic rings. The third-order valence-corrected chi connectivity index (χ3v) is 4.36. The number of anilines is 1. The van der Waals surface area contributed by atoms with Crippen LogP contribution in [0.1, 0.15) is 26.7 Å². The second kappa shape index (κ2) is 6.27. The molecule has 0 aliphatic heterocycles. The van der Waals surface area contributed by atoms with Gasteiger partial charge in [-0.1, -0.05) is 13.8 Å².